The number of nitrogens with one attached hydrogen (secondary N) is 2. The first-order valence-electron chi connectivity index (χ1n) is 9.30. The van der Waals surface area contributed by atoms with Gasteiger partial charge in [0.05, 0.1) is 32.5 Å². The highest BCUT2D eigenvalue weighted by molar-refractivity contribution is 5.89. The van der Waals surface area contributed by atoms with E-state index in [1.54, 1.807) is 0 Å². The molecule has 1 aliphatic rings. The Morgan fingerprint density at radius 2 is 2.00 bits per heavy atom. The number of hydrogen-bond donors (Lipinski definition) is 2. The van der Waals surface area contributed by atoms with E-state index in [0.29, 0.717) is 33.0 Å². The molecule has 6 nitrogen and oxygen atoms in total. The molecule has 1 aliphatic heterocycles. The van der Waals surface area contributed by atoms with Crippen molar-refractivity contribution in [2.24, 2.45) is 0 Å². The Morgan fingerprint density at radius 3 is 2.89 bits per heavy atom. The van der Waals surface area contributed by atoms with Crippen molar-refractivity contribution in [2.75, 3.05) is 31.7 Å². The van der Waals surface area contributed by atoms with Crippen LogP contribution >= 0.6 is 0 Å². The summed E-state index contributed by atoms with van der Waals surface area (Å²) in [6.07, 6.45) is 0.748. The Labute approximate surface area is 159 Å². The van der Waals surface area contributed by atoms with Crippen LogP contribution < -0.4 is 15.4 Å². The average molecular weight is 370 g/mol. The number of anilines is 1. The number of urea groups is 1. The Bertz CT molecular complexity index is 750. The molecule has 1 heterocycles. The molecule has 0 aliphatic carbocycles. The minimum absolute atomic E-state index is 0.0555. The molecule has 144 valence electrons. The van der Waals surface area contributed by atoms with Gasteiger partial charge < -0.3 is 24.8 Å². The Morgan fingerprint density at radius 1 is 1.15 bits per heavy atom. The quantitative estimate of drug-likeness (QED) is 0.692. The summed E-state index contributed by atoms with van der Waals surface area (Å²) in [5, 5.41) is 5.93. The van der Waals surface area contributed by atoms with Crippen molar-refractivity contribution in [3.8, 4) is 5.75 Å². The molecule has 0 saturated carbocycles. The number of ether oxygens (including phenoxy) is 3. The van der Waals surface area contributed by atoms with Gasteiger partial charge in [-0.25, -0.2) is 4.79 Å². The molecular weight excluding hydrogens is 344 g/mol. The molecule has 1 atom stereocenters. The van der Waals surface area contributed by atoms with E-state index in [1.807, 2.05) is 55.5 Å². The molecule has 2 aromatic carbocycles. The van der Waals surface area contributed by atoms with Gasteiger partial charge in [0, 0.05) is 24.3 Å². The molecule has 0 radical (unpaired) electrons. The zero-order valence-electron chi connectivity index (χ0n) is 15.6. The highest BCUT2D eigenvalue weighted by Crippen LogP contribution is 2.31. The van der Waals surface area contributed by atoms with E-state index < -0.39 is 0 Å². The van der Waals surface area contributed by atoms with Crippen LogP contribution in [0.15, 0.2) is 48.5 Å². The fraction of sp³-hybridized carbons (Fsp3) is 0.381. The van der Waals surface area contributed by atoms with E-state index in [1.165, 1.54) is 0 Å². The van der Waals surface area contributed by atoms with Crippen LogP contribution in [0.2, 0.25) is 0 Å². The molecule has 0 spiro atoms. The van der Waals surface area contributed by atoms with E-state index in [-0.39, 0.29) is 12.1 Å². The topological polar surface area (TPSA) is 68.8 Å². The van der Waals surface area contributed by atoms with Crippen molar-refractivity contribution >= 4 is 11.7 Å². The van der Waals surface area contributed by atoms with Crippen LogP contribution in [0.1, 0.15) is 30.5 Å². The van der Waals surface area contributed by atoms with Crippen molar-refractivity contribution in [1.29, 1.82) is 0 Å². The minimum atomic E-state index is -0.230. The van der Waals surface area contributed by atoms with E-state index >= 15 is 0 Å². The average Bonchev–Trinajstić information content (AvgIpc) is 2.68. The second-order valence-corrected chi connectivity index (χ2v) is 6.28. The number of rotatable bonds is 8. The summed E-state index contributed by atoms with van der Waals surface area (Å²) in [6, 6.07) is 15.2. The summed E-state index contributed by atoms with van der Waals surface area (Å²) in [7, 11) is 0. The smallest absolute Gasteiger partial charge is 0.319 e. The number of carbonyl (C=O) groups excluding carboxylic acids is 1. The third-order valence-corrected chi connectivity index (χ3v) is 4.29. The number of carbonyl (C=O) groups is 1. The van der Waals surface area contributed by atoms with E-state index in [2.05, 4.69) is 10.6 Å². The molecule has 27 heavy (non-hydrogen) atoms. The van der Waals surface area contributed by atoms with Crippen molar-refractivity contribution in [3.05, 3.63) is 59.7 Å². The fourth-order valence-electron chi connectivity index (χ4n) is 3.01. The lowest BCUT2D eigenvalue weighted by atomic mass is 10.0. The summed E-state index contributed by atoms with van der Waals surface area (Å²) in [4.78, 5) is 12.4. The Balaban J connectivity index is 1.52. The third kappa shape index (κ3) is 5.70. The molecule has 0 unspecified atom stereocenters. The lowest BCUT2D eigenvalue weighted by Crippen LogP contribution is -2.35. The number of benzene rings is 2. The van der Waals surface area contributed by atoms with E-state index in [0.717, 1.165) is 29.0 Å². The van der Waals surface area contributed by atoms with Gasteiger partial charge in [-0.3, -0.25) is 0 Å². The zero-order chi connectivity index (χ0) is 18.9. The number of hydrogen-bond acceptors (Lipinski definition) is 4. The maximum absolute atomic E-state index is 12.4. The van der Waals surface area contributed by atoms with Gasteiger partial charge in [0.25, 0.3) is 0 Å². The number of para-hydroxylation sites is 1. The second kappa shape index (κ2) is 9.94. The van der Waals surface area contributed by atoms with E-state index in [4.69, 9.17) is 14.2 Å². The van der Waals surface area contributed by atoms with Gasteiger partial charge in [0.2, 0.25) is 0 Å². The van der Waals surface area contributed by atoms with Gasteiger partial charge in [-0.1, -0.05) is 30.3 Å². The van der Waals surface area contributed by atoms with Crippen LogP contribution in [0, 0.1) is 0 Å². The molecule has 0 saturated heterocycles. The summed E-state index contributed by atoms with van der Waals surface area (Å²) in [5.41, 5.74) is 2.75. The summed E-state index contributed by atoms with van der Waals surface area (Å²) >= 11 is 0. The molecule has 0 fully saturated rings. The van der Waals surface area contributed by atoms with Gasteiger partial charge >= 0.3 is 6.03 Å². The highest BCUT2D eigenvalue weighted by atomic mass is 16.5. The molecule has 6 heteroatoms. The van der Waals surface area contributed by atoms with Crippen LogP contribution in [-0.2, 0) is 16.1 Å². The van der Waals surface area contributed by atoms with Gasteiger partial charge in [0.1, 0.15) is 5.75 Å². The van der Waals surface area contributed by atoms with Crippen LogP contribution in [0.3, 0.4) is 0 Å². The van der Waals surface area contributed by atoms with Gasteiger partial charge in [-0.15, -0.1) is 0 Å². The first-order valence-corrected chi connectivity index (χ1v) is 9.30. The van der Waals surface area contributed by atoms with Crippen LogP contribution in [0.5, 0.6) is 5.75 Å². The normalized spacial score (nSPS) is 15.5. The zero-order valence-corrected chi connectivity index (χ0v) is 15.6. The molecule has 2 N–H and O–H groups in total. The number of fused-ring (bicyclic) bond motifs is 1. The Hall–Kier alpha value is -2.57. The molecule has 0 bridgehead atoms. The van der Waals surface area contributed by atoms with Gasteiger partial charge in [0.15, 0.2) is 0 Å². The Kier molecular flexibility index (Phi) is 7.07. The summed E-state index contributed by atoms with van der Waals surface area (Å²) < 4.78 is 16.5. The molecule has 2 aromatic rings. The molecule has 3 rings (SSSR count). The number of amides is 2. The molecule has 0 aromatic heterocycles. The predicted octanol–water partition coefficient (Wildman–Crippen LogP) is 3.89. The maximum atomic E-state index is 12.4. The third-order valence-electron chi connectivity index (χ3n) is 4.29. The van der Waals surface area contributed by atoms with Crippen molar-refractivity contribution < 1.29 is 19.0 Å². The first kappa shape index (κ1) is 19.2. The van der Waals surface area contributed by atoms with Crippen molar-refractivity contribution in [3.63, 3.8) is 0 Å². The maximum Gasteiger partial charge on any atom is 0.319 e. The van der Waals surface area contributed by atoms with Gasteiger partial charge in [-0.05, 0) is 30.7 Å². The first-order chi connectivity index (χ1) is 13.3. The van der Waals surface area contributed by atoms with Crippen LogP contribution in [0.4, 0.5) is 10.5 Å². The fourth-order valence-corrected chi connectivity index (χ4v) is 3.01. The van der Waals surface area contributed by atoms with Crippen LogP contribution in [0.25, 0.3) is 0 Å². The lowest BCUT2D eigenvalue weighted by Gasteiger charge is -2.26. The highest BCUT2D eigenvalue weighted by Gasteiger charge is 2.22. The standard InChI is InChI=1S/C21H26N2O4/c1-2-25-12-13-26-15-16-6-5-7-17(14-16)22-21(24)23-19-10-11-27-20-9-4-3-8-18(19)20/h3-9,14,19H,2,10-13,15H2,1H3,(H2,22,23,24)/t19-/m0/s1. The summed E-state index contributed by atoms with van der Waals surface area (Å²) in [6.45, 7) is 4.86. The second-order valence-electron chi connectivity index (χ2n) is 6.28. The van der Waals surface area contributed by atoms with Gasteiger partial charge in [-0.2, -0.15) is 0 Å². The molecular formula is C21H26N2O4. The SMILES string of the molecule is CCOCCOCc1cccc(NC(=O)N[C@H]2CCOc3ccccc32)c1. The largest absolute Gasteiger partial charge is 0.493 e. The van der Waals surface area contributed by atoms with Crippen LogP contribution in [-0.4, -0.2) is 32.5 Å². The van der Waals surface area contributed by atoms with E-state index in [9.17, 15) is 4.79 Å². The monoisotopic (exact) mass is 370 g/mol. The van der Waals surface area contributed by atoms with Crippen molar-refractivity contribution in [2.45, 2.75) is 26.0 Å². The lowest BCUT2D eigenvalue weighted by molar-refractivity contribution is 0.0453. The molecule has 2 amide bonds. The van der Waals surface area contributed by atoms with Crippen molar-refractivity contribution in [1.82, 2.24) is 5.32 Å². The predicted molar refractivity (Wildman–Crippen MR) is 104 cm³/mol. The minimum Gasteiger partial charge on any atom is -0.493 e. The summed E-state index contributed by atoms with van der Waals surface area (Å²) in [5.74, 6) is 0.834.